The molecule has 1 aromatic heterocycles. The Labute approximate surface area is 97.2 Å². The molecule has 2 rings (SSSR count). The molecule has 1 atom stereocenters. The van der Waals surface area contributed by atoms with Crippen molar-refractivity contribution >= 4 is 0 Å². The fraction of sp³-hybridized carbons (Fsp3) is 0.833. The van der Waals surface area contributed by atoms with Gasteiger partial charge in [0.2, 0.25) is 0 Å². The van der Waals surface area contributed by atoms with Crippen LogP contribution >= 0.6 is 0 Å². The molecule has 0 radical (unpaired) electrons. The maximum atomic E-state index is 6.29. The van der Waals surface area contributed by atoms with E-state index in [2.05, 4.69) is 38.0 Å². The standard InChI is InChI=1S/C12H22N4/c1-11(2)10(12(11,3)4)9(13)6-8-7-16(5)15-14-8/h7,9-10H,6,13H2,1-5H3. The van der Waals surface area contributed by atoms with Crippen LogP contribution in [0.3, 0.4) is 0 Å². The van der Waals surface area contributed by atoms with Crippen LogP contribution in [0.2, 0.25) is 0 Å². The second kappa shape index (κ2) is 3.29. The lowest BCUT2D eigenvalue weighted by molar-refractivity contribution is 0.457. The Morgan fingerprint density at radius 2 is 1.94 bits per heavy atom. The van der Waals surface area contributed by atoms with Gasteiger partial charge in [-0.05, 0) is 16.7 Å². The van der Waals surface area contributed by atoms with Crippen molar-refractivity contribution in [3.63, 3.8) is 0 Å². The van der Waals surface area contributed by atoms with Crippen molar-refractivity contribution in [3.05, 3.63) is 11.9 Å². The van der Waals surface area contributed by atoms with E-state index in [1.165, 1.54) is 0 Å². The van der Waals surface area contributed by atoms with E-state index >= 15 is 0 Å². The van der Waals surface area contributed by atoms with Gasteiger partial charge in [-0.1, -0.05) is 32.9 Å². The molecule has 1 aromatic rings. The first-order valence-electron chi connectivity index (χ1n) is 5.87. The topological polar surface area (TPSA) is 56.7 Å². The molecule has 0 bridgehead atoms. The molecule has 1 heterocycles. The number of aromatic nitrogens is 3. The van der Waals surface area contributed by atoms with Gasteiger partial charge in [0.15, 0.2) is 0 Å². The van der Waals surface area contributed by atoms with Crippen molar-refractivity contribution in [3.8, 4) is 0 Å². The Morgan fingerprint density at radius 1 is 1.38 bits per heavy atom. The van der Waals surface area contributed by atoms with Gasteiger partial charge in [-0.15, -0.1) is 5.10 Å². The highest BCUT2D eigenvalue weighted by molar-refractivity contribution is 5.17. The highest BCUT2D eigenvalue weighted by Crippen LogP contribution is 2.69. The molecule has 2 N–H and O–H groups in total. The summed E-state index contributed by atoms with van der Waals surface area (Å²) in [6, 6.07) is 0.182. The number of nitrogens with two attached hydrogens (primary N) is 1. The van der Waals surface area contributed by atoms with Gasteiger partial charge in [0.05, 0.1) is 5.69 Å². The maximum absolute atomic E-state index is 6.29. The molecule has 0 saturated heterocycles. The van der Waals surface area contributed by atoms with E-state index in [-0.39, 0.29) is 6.04 Å². The van der Waals surface area contributed by atoms with Gasteiger partial charge in [0.1, 0.15) is 0 Å². The lowest BCUT2D eigenvalue weighted by Gasteiger charge is -2.11. The van der Waals surface area contributed by atoms with Crippen molar-refractivity contribution in [1.29, 1.82) is 0 Å². The third-order valence-corrected chi connectivity index (χ3v) is 4.66. The van der Waals surface area contributed by atoms with Crippen molar-refractivity contribution < 1.29 is 0 Å². The van der Waals surface area contributed by atoms with Crippen LogP contribution in [0.25, 0.3) is 0 Å². The van der Waals surface area contributed by atoms with Gasteiger partial charge >= 0.3 is 0 Å². The molecule has 1 saturated carbocycles. The van der Waals surface area contributed by atoms with Crippen LogP contribution in [0.5, 0.6) is 0 Å². The largest absolute Gasteiger partial charge is 0.327 e. The Hall–Kier alpha value is -0.900. The first-order chi connectivity index (χ1) is 7.26. The predicted octanol–water partition coefficient (Wildman–Crippen LogP) is 1.37. The molecule has 0 aliphatic heterocycles. The van der Waals surface area contributed by atoms with Crippen LogP contribution in [-0.4, -0.2) is 21.0 Å². The summed E-state index contributed by atoms with van der Waals surface area (Å²) in [5.41, 5.74) is 7.97. The maximum Gasteiger partial charge on any atom is 0.0842 e. The number of nitrogens with zero attached hydrogens (tertiary/aromatic N) is 3. The quantitative estimate of drug-likeness (QED) is 0.840. The molecule has 1 aliphatic rings. The third-order valence-electron chi connectivity index (χ3n) is 4.66. The number of aryl methyl sites for hydroxylation is 1. The molecule has 0 aromatic carbocycles. The van der Waals surface area contributed by atoms with Crippen molar-refractivity contribution in [2.24, 2.45) is 29.5 Å². The summed E-state index contributed by atoms with van der Waals surface area (Å²) < 4.78 is 1.73. The van der Waals surface area contributed by atoms with Crippen LogP contribution in [-0.2, 0) is 13.5 Å². The third kappa shape index (κ3) is 1.56. The summed E-state index contributed by atoms with van der Waals surface area (Å²) in [6.45, 7) is 9.20. The fourth-order valence-electron chi connectivity index (χ4n) is 3.17. The van der Waals surface area contributed by atoms with E-state index in [4.69, 9.17) is 5.73 Å². The first kappa shape index (κ1) is 11.6. The molecular weight excluding hydrogens is 200 g/mol. The highest BCUT2D eigenvalue weighted by atomic mass is 15.4. The molecular formula is C12H22N4. The average Bonchev–Trinajstić information content (AvgIpc) is 2.44. The second-order valence-corrected chi connectivity index (χ2v) is 6.17. The molecule has 0 amide bonds. The molecule has 16 heavy (non-hydrogen) atoms. The fourth-order valence-corrected chi connectivity index (χ4v) is 3.17. The summed E-state index contributed by atoms with van der Waals surface area (Å²) in [5.74, 6) is 0.571. The number of rotatable bonds is 3. The van der Waals surface area contributed by atoms with Gasteiger partial charge in [0.25, 0.3) is 0 Å². The van der Waals surface area contributed by atoms with Crippen molar-refractivity contribution in [1.82, 2.24) is 15.0 Å². The summed E-state index contributed by atoms with van der Waals surface area (Å²) in [7, 11) is 1.88. The van der Waals surface area contributed by atoms with Crippen LogP contribution in [0.1, 0.15) is 33.4 Å². The van der Waals surface area contributed by atoms with Crippen LogP contribution in [0, 0.1) is 16.7 Å². The van der Waals surface area contributed by atoms with Crippen LogP contribution in [0.15, 0.2) is 6.20 Å². The minimum Gasteiger partial charge on any atom is -0.327 e. The van der Waals surface area contributed by atoms with Crippen molar-refractivity contribution in [2.75, 3.05) is 0 Å². The van der Waals surface area contributed by atoms with Gasteiger partial charge in [-0.25, -0.2) is 0 Å². The Morgan fingerprint density at radius 3 is 2.31 bits per heavy atom. The first-order valence-corrected chi connectivity index (χ1v) is 5.87. The zero-order valence-electron chi connectivity index (χ0n) is 10.9. The molecule has 90 valence electrons. The molecule has 1 fully saturated rings. The normalized spacial score (nSPS) is 24.4. The smallest absolute Gasteiger partial charge is 0.0842 e. The summed E-state index contributed by atoms with van der Waals surface area (Å²) in [4.78, 5) is 0. The lowest BCUT2D eigenvalue weighted by Crippen LogP contribution is -2.28. The van der Waals surface area contributed by atoms with E-state index in [1.807, 2.05) is 13.2 Å². The Balaban J connectivity index is 2.03. The second-order valence-electron chi connectivity index (χ2n) is 6.17. The zero-order valence-corrected chi connectivity index (χ0v) is 10.9. The molecule has 4 nitrogen and oxygen atoms in total. The van der Waals surface area contributed by atoms with Gasteiger partial charge < -0.3 is 5.73 Å². The van der Waals surface area contributed by atoms with E-state index in [1.54, 1.807) is 4.68 Å². The van der Waals surface area contributed by atoms with Gasteiger partial charge in [0, 0.05) is 25.7 Å². The van der Waals surface area contributed by atoms with Crippen LogP contribution < -0.4 is 5.73 Å². The number of hydrogen-bond donors (Lipinski definition) is 1. The molecule has 0 spiro atoms. The highest BCUT2D eigenvalue weighted by Gasteiger charge is 2.66. The lowest BCUT2D eigenvalue weighted by atomic mass is 10.0. The van der Waals surface area contributed by atoms with Gasteiger partial charge in [-0.3, -0.25) is 4.68 Å². The van der Waals surface area contributed by atoms with Gasteiger partial charge in [-0.2, -0.15) is 0 Å². The van der Waals surface area contributed by atoms with E-state index in [0.29, 0.717) is 16.7 Å². The Kier molecular flexibility index (Phi) is 2.38. The average molecular weight is 222 g/mol. The zero-order chi connectivity index (χ0) is 12.1. The summed E-state index contributed by atoms with van der Waals surface area (Å²) in [5, 5.41) is 8.03. The monoisotopic (exact) mass is 222 g/mol. The molecule has 1 unspecified atom stereocenters. The minimum atomic E-state index is 0.182. The predicted molar refractivity (Wildman–Crippen MR) is 63.7 cm³/mol. The summed E-state index contributed by atoms with van der Waals surface area (Å²) >= 11 is 0. The van der Waals surface area contributed by atoms with E-state index in [0.717, 1.165) is 12.1 Å². The SMILES string of the molecule is Cn1cc(CC(N)C2C(C)(C)C2(C)C)nn1. The molecule has 1 aliphatic carbocycles. The van der Waals surface area contributed by atoms with E-state index < -0.39 is 0 Å². The number of hydrogen-bond acceptors (Lipinski definition) is 3. The minimum absolute atomic E-state index is 0.182. The Bertz CT molecular complexity index is 377. The summed E-state index contributed by atoms with van der Waals surface area (Å²) in [6.07, 6.45) is 2.77. The van der Waals surface area contributed by atoms with E-state index in [9.17, 15) is 0 Å². The van der Waals surface area contributed by atoms with Crippen LogP contribution in [0.4, 0.5) is 0 Å². The molecule has 4 heteroatoms. The van der Waals surface area contributed by atoms with Crippen molar-refractivity contribution in [2.45, 2.75) is 40.2 Å².